The van der Waals surface area contributed by atoms with Crippen LogP contribution in [0.15, 0.2) is 42.5 Å². The van der Waals surface area contributed by atoms with Crippen LogP contribution in [0.3, 0.4) is 0 Å². The lowest BCUT2D eigenvalue weighted by molar-refractivity contribution is -0.384. The van der Waals surface area contributed by atoms with Gasteiger partial charge in [-0.2, -0.15) is 0 Å². The fourth-order valence-electron chi connectivity index (χ4n) is 3.06. The van der Waals surface area contributed by atoms with Crippen LogP contribution in [-0.4, -0.2) is 41.9 Å². The minimum atomic E-state index is -1.03. The smallest absolute Gasteiger partial charge is 0.347 e. The number of nitrogens with one attached hydrogen (secondary N) is 1. The van der Waals surface area contributed by atoms with Gasteiger partial charge in [0.05, 0.1) is 10.5 Å². The van der Waals surface area contributed by atoms with Crippen molar-refractivity contribution in [2.45, 2.75) is 25.6 Å². The van der Waals surface area contributed by atoms with Gasteiger partial charge < -0.3 is 14.8 Å². The van der Waals surface area contributed by atoms with Gasteiger partial charge in [-0.25, -0.2) is 9.59 Å². The Hall–Kier alpha value is -3.75. The zero-order chi connectivity index (χ0) is 21.1. The van der Waals surface area contributed by atoms with E-state index in [4.69, 9.17) is 9.47 Å². The molecule has 0 radical (unpaired) electrons. The van der Waals surface area contributed by atoms with E-state index in [1.807, 2.05) is 0 Å². The van der Waals surface area contributed by atoms with Crippen LogP contribution in [-0.2, 0) is 14.3 Å². The Kier molecular flexibility index (Phi) is 5.58. The second kappa shape index (κ2) is 8.09. The van der Waals surface area contributed by atoms with E-state index in [0.717, 1.165) is 6.07 Å². The molecule has 2 aromatic rings. The van der Waals surface area contributed by atoms with Gasteiger partial charge in [0.1, 0.15) is 11.8 Å². The van der Waals surface area contributed by atoms with E-state index in [0.29, 0.717) is 0 Å². The van der Waals surface area contributed by atoms with E-state index in [2.05, 4.69) is 5.32 Å². The van der Waals surface area contributed by atoms with Crippen molar-refractivity contribution in [2.24, 2.45) is 0 Å². The molecule has 9 nitrogen and oxygen atoms in total. The van der Waals surface area contributed by atoms with Crippen molar-refractivity contribution < 1.29 is 28.8 Å². The highest BCUT2D eigenvalue weighted by molar-refractivity contribution is 6.15. The highest BCUT2D eigenvalue weighted by atomic mass is 16.6. The number of nitrogens with zero attached hydrogens (tertiary/aromatic N) is 1. The molecule has 1 aliphatic rings. The van der Waals surface area contributed by atoms with E-state index in [-0.39, 0.29) is 40.6 Å². The van der Waals surface area contributed by atoms with E-state index in [9.17, 15) is 24.5 Å². The number of nitro groups is 1. The number of carbonyl (C=O) groups excluding carboxylic acids is 3. The lowest BCUT2D eigenvalue weighted by atomic mass is 9.97. The number of ether oxygens (including phenoxy) is 2. The number of nitro benzene ring substituents is 1. The second-order valence-electron chi connectivity index (χ2n) is 6.49. The van der Waals surface area contributed by atoms with Gasteiger partial charge in [-0.1, -0.05) is 18.2 Å². The van der Waals surface area contributed by atoms with Gasteiger partial charge in [-0.3, -0.25) is 14.9 Å². The number of cyclic esters (lactones) is 1. The molecule has 1 heterocycles. The molecule has 0 spiro atoms. The summed E-state index contributed by atoms with van der Waals surface area (Å²) < 4.78 is 10.2. The number of hydrogen-bond acceptors (Lipinski definition) is 8. The number of ketones is 1. The van der Waals surface area contributed by atoms with Crippen molar-refractivity contribution in [2.75, 3.05) is 12.4 Å². The van der Waals surface area contributed by atoms with Gasteiger partial charge in [0.25, 0.3) is 5.69 Å². The zero-order valence-corrected chi connectivity index (χ0v) is 15.7. The molecule has 0 amide bonds. The third-order valence-corrected chi connectivity index (χ3v) is 4.49. The molecule has 150 valence electrons. The van der Waals surface area contributed by atoms with Gasteiger partial charge in [-0.05, 0) is 25.1 Å². The fourth-order valence-corrected chi connectivity index (χ4v) is 3.06. The van der Waals surface area contributed by atoms with Gasteiger partial charge in [-0.15, -0.1) is 0 Å². The summed E-state index contributed by atoms with van der Waals surface area (Å²) in [4.78, 5) is 47.9. The number of rotatable bonds is 6. The molecule has 1 saturated heterocycles. The van der Waals surface area contributed by atoms with Gasteiger partial charge in [0.15, 0.2) is 5.78 Å². The quantitative estimate of drug-likeness (QED) is 0.341. The third kappa shape index (κ3) is 4.08. The topological polar surface area (TPSA) is 125 Å². The maximum atomic E-state index is 13.0. The summed E-state index contributed by atoms with van der Waals surface area (Å²) in [6.45, 7) is 1.69. The highest BCUT2D eigenvalue weighted by Gasteiger charge is 2.36. The summed E-state index contributed by atoms with van der Waals surface area (Å²) in [5.41, 5.74) is 0.0210. The molecule has 3 rings (SSSR count). The van der Waals surface area contributed by atoms with Gasteiger partial charge in [0.2, 0.25) is 6.10 Å². The molecule has 9 heteroatoms. The van der Waals surface area contributed by atoms with Crippen LogP contribution < -0.4 is 5.32 Å². The fraction of sp³-hybridized carbons (Fsp3) is 0.250. The highest BCUT2D eigenvalue weighted by Crippen LogP contribution is 2.27. The summed E-state index contributed by atoms with van der Waals surface area (Å²) in [5.74, 6) is -2.05. The van der Waals surface area contributed by atoms with Crippen LogP contribution >= 0.6 is 0 Å². The summed E-state index contributed by atoms with van der Waals surface area (Å²) in [6.07, 6.45) is -1.15. The summed E-state index contributed by atoms with van der Waals surface area (Å²) >= 11 is 0. The molecule has 0 unspecified atom stereocenters. The van der Waals surface area contributed by atoms with E-state index < -0.39 is 28.7 Å². The van der Waals surface area contributed by atoms with E-state index >= 15 is 0 Å². The van der Waals surface area contributed by atoms with Crippen LogP contribution in [0.2, 0.25) is 0 Å². The van der Waals surface area contributed by atoms with Crippen molar-refractivity contribution >= 4 is 29.1 Å². The average molecular weight is 398 g/mol. The first-order valence-corrected chi connectivity index (χ1v) is 8.83. The lowest BCUT2D eigenvalue weighted by Crippen LogP contribution is -2.24. The van der Waals surface area contributed by atoms with Crippen molar-refractivity contribution in [3.63, 3.8) is 0 Å². The van der Waals surface area contributed by atoms with E-state index in [1.54, 1.807) is 19.1 Å². The van der Waals surface area contributed by atoms with Crippen LogP contribution in [0.1, 0.15) is 39.6 Å². The number of hydrogen-bond donors (Lipinski definition) is 1. The Morgan fingerprint density at radius 3 is 2.48 bits per heavy atom. The Morgan fingerprint density at radius 1 is 1.21 bits per heavy atom. The monoisotopic (exact) mass is 398 g/mol. The molecule has 1 fully saturated rings. The lowest BCUT2D eigenvalue weighted by Gasteiger charge is -2.12. The number of esters is 2. The maximum absolute atomic E-state index is 13.0. The summed E-state index contributed by atoms with van der Waals surface area (Å²) in [7, 11) is 1.53. The largest absolute Gasteiger partial charge is 0.460 e. The van der Waals surface area contributed by atoms with Crippen molar-refractivity contribution in [3.8, 4) is 0 Å². The van der Waals surface area contributed by atoms with E-state index in [1.165, 1.54) is 31.3 Å². The molecule has 2 aromatic carbocycles. The van der Waals surface area contributed by atoms with Crippen LogP contribution in [0.25, 0.3) is 0 Å². The average Bonchev–Trinajstić information content (AvgIpc) is 3.03. The first kappa shape index (κ1) is 20.0. The SMILES string of the molecule is CNc1ccc(C(=O)c2ccccc2C(=O)O[C@@H]2C[C@H](C)OC2=O)cc1[N+](=O)[O-]. The molecule has 0 aliphatic carbocycles. The predicted octanol–water partition coefficient (Wildman–Crippen LogP) is 2.73. The predicted molar refractivity (Wildman–Crippen MR) is 102 cm³/mol. The minimum Gasteiger partial charge on any atom is -0.460 e. The standard InChI is InChI=1S/C20H18N2O7/c1-11-9-17(20(25)28-11)29-19(24)14-6-4-3-5-13(14)18(23)12-7-8-15(21-2)16(10-12)22(26)27/h3-8,10-11,17,21H,9H2,1-2H3/t11-,17+/m0/s1. The zero-order valence-electron chi connectivity index (χ0n) is 15.7. The number of anilines is 1. The number of carbonyl (C=O) groups is 3. The Balaban J connectivity index is 1.91. The molecular formula is C20H18N2O7. The summed E-state index contributed by atoms with van der Waals surface area (Å²) in [5, 5.41) is 13.9. The maximum Gasteiger partial charge on any atom is 0.347 e. The van der Waals surface area contributed by atoms with Crippen LogP contribution in [0, 0.1) is 10.1 Å². The minimum absolute atomic E-state index is 0.0171. The third-order valence-electron chi connectivity index (χ3n) is 4.49. The van der Waals surface area contributed by atoms with Crippen molar-refractivity contribution in [1.29, 1.82) is 0 Å². The molecule has 1 N–H and O–H groups in total. The van der Waals surface area contributed by atoms with Crippen LogP contribution in [0.4, 0.5) is 11.4 Å². The first-order chi connectivity index (χ1) is 13.8. The molecule has 0 bridgehead atoms. The van der Waals surface area contributed by atoms with Gasteiger partial charge in [0, 0.05) is 30.7 Å². The van der Waals surface area contributed by atoms with Crippen LogP contribution in [0.5, 0.6) is 0 Å². The molecule has 1 aliphatic heterocycles. The van der Waals surface area contributed by atoms with Gasteiger partial charge >= 0.3 is 11.9 Å². The van der Waals surface area contributed by atoms with Crippen molar-refractivity contribution in [1.82, 2.24) is 0 Å². The first-order valence-electron chi connectivity index (χ1n) is 8.83. The van der Waals surface area contributed by atoms with Crippen molar-refractivity contribution in [3.05, 3.63) is 69.3 Å². The number of benzene rings is 2. The molecule has 29 heavy (non-hydrogen) atoms. The molecule has 0 aromatic heterocycles. The Bertz CT molecular complexity index is 1000. The Labute approximate surface area is 165 Å². The second-order valence-corrected chi connectivity index (χ2v) is 6.49. The normalized spacial score (nSPS) is 18.1. The molecular weight excluding hydrogens is 380 g/mol. The Morgan fingerprint density at radius 2 is 1.90 bits per heavy atom. The molecule has 2 atom stereocenters. The molecule has 0 saturated carbocycles. The summed E-state index contributed by atoms with van der Waals surface area (Å²) in [6, 6.07) is 9.93.